The van der Waals surface area contributed by atoms with E-state index in [9.17, 15) is 4.79 Å². The normalized spacial score (nSPS) is 20.7. The first-order chi connectivity index (χ1) is 7.72. The molecule has 1 aromatic rings. The fraction of sp³-hybridized carbons (Fsp3) is 0.500. The highest BCUT2D eigenvalue weighted by molar-refractivity contribution is 5.85. The predicted octanol–water partition coefficient (Wildman–Crippen LogP) is -0.226. The maximum Gasteiger partial charge on any atom is 0.242 e. The van der Waals surface area contributed by atoms with Crippen LogP contribution in [0.2, 0.25) is 0 Å². The van der Waals surface area contributed by atoms with Gasteiger partial charge in [-0.15, -0.1) is 0 Å². The number of aromatic nitrogens is 2. The lowest BCUT2D eigenvalue weighted by atomic mass is 10.1. The van der Waals surface area contributed by atoms with E-state index in [0.717, 1.165) is 13.0 Å². The molecular weight excluding hydrogens is 206 g/mol. The van der Waals surface area contributed by atoms with Crippen molar-refractivity contribution in [2.75, 3.05) is 23.7 Å². The molecule has 1 aliphatic rings. The van der Waals surface area contributed by atoms with Crippen LogP contribution in [0.4, 0.5) is 11.6 Å². The number of amides is 1. The first-order valence-electron chi connectivity index (χ1n) is 5.34. The Morgan fingerprint density at radius 3 is 2.88 bits per heavy atom. The van der Waals surface area contributed by atoms with Crippen LogP contribution in [0.1, 0.15) is 13.3 Å². The fourth-order valence-corrected chi connectivity index (χ4v) is 1.84. The Morgan fingerprint density at radius 1 is 1.56 bits per heavy atom. The van der Waals surface area contributed by atoms with Crippen LogP contribution in [0.3, 0.4) is 0 Å². The molecule has 0 saturated carbocycles. The van der Waals surface area contributed by atoms with Crippen molar-refractivity contribution >= 4 is 17.5 Å². The number of nitrogen functional groups attached to an aromatic ring is 1. The van der Waals surface area contributed by atoms with Gasteiger partial charge in [-0.25, -0.2) is 9.97 Å². The maximum atomic E-state index is 11.6. The van der Waals surface area contributed by atoms with Crippen LogP contribution in [0, 0.1) is 0 Å². The molecule has 1 fully saturated rings. The van der Waals surface area contributed by atoms with E-state index in [2.05, 4.69) is 15.3 Å². The highest BCUT2D eigenvalue weighted by Gasteiger charge is 2.29. The minimum absolute atomic E-state index is 0.0363. The Labute approximate surface area is 93.9 Å². The van der Waals surface area contributed by atoms with Crippen molar-refractivity contribution in [1.29, 1.82) is 0 Å². The number of anilines is 2. The third-order valence-electron chi connectivity index (χ3n) is 2.63. The molecule has 6 nitrogen and oxygen atoms in total. The average molecular weight is 221 g/mol. The maximum absolute atomic E-state index is 11.6. The second-order valence-electron chi connectivity index (χ2n) is 3.72. The first-order valence-corrected chi connectivity index (χ1v) is 5.34. The molecule has 3 N–H and O–H groups in total. The second-order valence-corrected chi connectivity index (χ2v) is 3.72. The van der Waals surface area contributed by atoms with Gasteiger partial charge < -0.3 is 16.0 Å². The monoisotopic (exact) mass is 221 g/mol. The minimum atomic E-state index is -0.183. The zero-order valence-corrected chi connectivity index (χ0v) is 9.18. The van der Waals surface area contributed by atoms with E-state index in [4.69, 9.17) is 5.73 Å². The Bertz CT molecular complexity index is 377. The highest BCUT2D eigenvalue weighted by atomic mass is 16.2. The molecule has 6 heteroatoms. The van der Waals surface area contributed by atoms with E-state index < -0.39 is 0 Å². The van der Waals surface area contributed by atoms with Crippen LogP contribution in [0.25, 0.3) is 0 Å². The molecule has 0 radical (unpaired) electrons. The zero-order chi connectivity index (χ0) is 11.5. The molecule has 0 aromatic carbocycles. The van der Waals surface area contributed by atoms with Crippen LogP contribution in [0.15, 0.2) is 12.4 Å². The summed E-state index contributed by atoms with van der Waals surface area (Å²) in [5.41, 5.74) is 6.05. The van der Waals surface area contributed by atoms with Crippen LogP contribution < -0.4 is 16.0 Å². The molecule has 0 aliphatic carbocycles. The molecule has 86 valence electrons. The van der Waals surface area contributed by atoms with Gasteiger partial charge in [0.25, 0.3) is 0 Å². The summed E-state index contributed by atoms with van der Waals surface area (Å²) < 4.78 is 0. The van der Waals surface area contributed by atoms with Crippen molar-refractivity contribution in [3.63, 3.8) is 0 Å². The Kier molecular flexibility index (Phi) is 2.89. The van der Waals surface area contributed by atoms with E-state index in [1.807, 2.05) is 11.8 Å². The molecule has 1 aromatic heterocycles. The summed E-state index contributed by atoms with van der Waals surface area (Å²) in [6.45, 7) is 3.33. The number of nitrogens with two attached hydrogens (primary N) is 1. The smallest absolute Gasteiger partial charge is 0.242 e. The molecule has 1 amide bonds. The molecule has 2 heterocycles. The second kappa shape index (κ2) is 4.34. The number of nitrogens with zero attached hydrogens (tertiary/aromatic N) is 3. The van der Waals surface area contributed by atoms with Crippen molar-refractivity contribution in [3.8, 4) is 0 Å². The van der Waals surface area contributed by atoms with E-state index in [1.165, 1.54) is 0 Å². The summed E-state index contributed by atoms with van der Waals surface area (Å²) in [6, 6.07) is -0.183. The van der Waals surface area contributed by atoms with Crippen molar-refractivity contribution in [2.24, 2.45) is 0 Å². The molecule has 1 atom stereocenters. The van der Waals surface area contributed by atoms with Crippen molar-refractivity contribution in [3.05, 3.63) is 12.4 Å². The van der Waals surface area contributed by atoms with Gasteiger partial charge in [0.15, 0.2) is 0 Å². The van der Waals surface area contributed by atoms with E-state index in [0.29, 0.717) is 18.2 Å². The van der Waals surface area contributed by atoms with Gasteiger partial charge in [0.1, 0.15) is 6.04 Å². The lowest BCUT2D eigenvalue weighted by Crippen LogP contribution is -2.55. The molecule has 1 saturated heterocycles. The number of piperazine rings is 1. The quantitative estimate of drug-likeness (QED) is 0.721. The molecule has 0 spiro atoms. The molecule has 0 bridgehead atoms. The summed E-state index contributed by atoms with van der Waals surface area (Å²) >= 11 is 0. The highest BCUT2D eigenvalue weighted by Crippen LogP contribution is 2.15. The summed E-state index contributed by atoms with van der Waals surface area (Å²) in [6.07, 6.45) is 3.85. The summed E-state index contributed by atoms with van der Waals surface area (Å²) in [5.74, 6) is 0.602. The summed E-state index contributed by atoms with van der Waals surface area (Å²) in [7, 11) is 0. The van der Waals surface area contributed by atoms with Crippen molar-refractivity contribution < 1.29 is 4.79 Å². The Balaban J connectivity index is 2.24. The van der Waals surface area contributed by atoms with Gasteiger partial charge in [-0.3, -0.25) is 4.79 Å². The van der Waals surface area contributed by atoms with Crippen LogP contribution in [-0.4, -0.2) is 35.0 Å². The summed E-state index contributed by atoms with van der Waals surface area (Å²) in [5, 5.41) is 2.83. The van der Waals surface area contributed by atoms with Crippen LogP contribution in [-0.2, 0) is 4.79 Å². The number of carbonyl (C=O) groups excluding carboxylic acids is 1. The number of hydrogen-bond donors (Lipinski definition) is 2. The third kappa shape index (κ3) is 1.91. The van der Waals surface area contributed by atoms with Gasteiger partial charge in [-0.2, -0.15) is 0 Å². The third-order valence-corrected chi connectivity index (χ3v) is 2.63. The van der Waals surface area contributed by atoms with Gasteiger partial charge >= 0.3 is 0 Å². The standard InChI is InChI=1S/C10H15N5O/c1-2-8-9(16)12-3-4-15(8)10-13-5-7(11)6-14-10/h5-6,8H,2-4,11H2,1H3,(H,12,16). The molecule has 16 heavy (non-hydrogen) atoms. The van der Waals surface area contributed by atoms with Gasteiger partial charge in [0.2, 0.25) is 11.9 Å². The van der Waals surface area contributed by atoms with E-state index in [-0.39, 0.29) is 11.9 Å². The Hall–Kier alpha value is -1.85. The van der Waals surface area contributed by atoms with Gasteiger partial charge in [0, 0.05) is 13.1 Å². The molecule has 1 aliphatic heterocycles. The predicted molar refractivity (Wildman–Crippen MR) is 60.9 cm³/mol. The molecular formula is C10H15N5O. The van der Waals surface area contributed by atoms with E-state index in [1.54, 1.807) is 12.4 Å². The molecule has 2 rings (SSSR count). The summed E-state index contributed by atoms with van der Waals surface area (Å²) in [4.78, 5) is 21.8. The fourth-order valence-electron chi connectivity index (χ4n) is 1.84. The number of nitrogens with one attached hydrogen (secondary N) is 1. The number of rotatable bonds is 2. The van der Waals surface area contributed by atoms with Gasteiger partial charge in [-0.05, 0) is 6.42 Å². The minimum Gasteiger partial charge on any atom is -0.396 e. The lowest BCUT2D eigenvalue weighted by Gasteiger charge is -2.34. The average Bonchev–Trinajstić information content (AvgIpc) is 2.30. The van der Waals surface area contributed by atoms with Gasteiger partial charge in [-0.1, -0.05) is 6.92 Å². The largest absolute Gasteiger partial charge is 0.396 e. The first kappa shape index (κ1) is 10.7. The van der Waals surface area contributed by atoms with Crippen molar-refractivity contribution in [2.45, 2.75) is 19.4 Å². The van der Waals surface area contributed by atoms with Crippen molar-refractivity contribution in [1.82, 2.24) is 15.3 Å². The van der Waals surface area contributed by atoms with Crippen LogP contribution in [0.5, 0.6) is 0 Å². The topological polar surface area (TPSA) is 84.1 Å². The SMILES string of the molecule is CCC1C(=O)NCCN1c1ncc(N)cn1. The molecule has 1 unspecified atom stereocenters. The van der Waals surface area contributed by atoms with E-state index >= 15 is 0 Å². The Morgan fingerprint density at radius 2 is 2.25 bits per heavy atom. The van der Waals surface area contributed by atoms with Crippen LogP contribution >= 0.6 is 0 Å². The van der Waals surface area contributed by atoms with Gasteiger partial charge in [0.05, 0.1) is 18.1 Å². The number of hydrogen-bond acceptors (Lipinski definition) is 5. The lowest BCUT2D eigenvalue weighted by molar-refractivity contribution is -0.123. The number of carbonyl (C=O) groups is 1. The zero-order valence-electron chi connectivity index (χ0n) is 9.18.